The van der Waals surface area contributed by atoms with Crippen molar-refractivity contribution < 1.29 is 9.13 Å². The molecule has 0 spiro atoms. The van der Waals surface area contributed by atoms with Crippen LogP contribution in [0, 0.1) is 19.7 Å². The Morgan fingerprint density at radius 1 is 1.00 bits per heavy atom. The van der Waals surface area contributed by atoms with Gasteiger partial charge in [-0.05, 0) is 49.7 Å². The molecule has 0 atom stereocenters. The highest BCUT2D eigenvalue weighted by molar-refractivity contribution is 6.30. The molecule has 0 aliphatic carbocycles. The van der Waals surface area contributed by atoms with Crippen LogP contribution in [0.3, 0.4) is 0 Å². The van der Waals surface area contributed by atoms with E-state index in [1.165, 1.54) is 12.1 Å². The molecule has 3 heterocycles. The molecule has 4 aromatic rings. The number of hydrogen-bond donors (Lipinski definition) is 0. The lowest BCUT2D eigenvalue weighted by Crippen LogP contribution is -2.46. The molecule has 2 aromatic carbocycles. The molecule has 0 amide bonds. The molecule has 1 aliphatic heterocycles. The van der Waals surface area contributed by atoms with E-state index in [1.54, 1.807) is 19.2 Å². The molecule has 6 nitrogen and oxygen atoms in total. The second kappa shape index (κ2) is 9.24. The number of nitrogens with zero attached hydrogens (tertiary/aromatic N) is 5. The minimum atomic E-state index is -0.254. The van der Waals surface area contributed by atoms with Crippen molar-refractivity contribution in [3.63, 3.8) is 0 Å². The maximum absolute atomic E-state index is 13.5. The number of ether oxygens (including phenoxy) is 1. The summed E-state index contributed by atoms with van der Waals surface area (Å²) in [6.07, 6.45) is 0. The highest BCUT2D eigenvalue weighted by atomic mass is 35.5. The van der Waals surface area contributed by atoms with Gasteiger partial charge < -0.3 is 9.64 Å². The van der Waals surface area contributed by atoms with Gasteiger partial charge in [-0.15, -0.1) is 0 Å². The van der Waals surface area contributed by atoms with Gasteiger partial charge in [0.25, 0.3) is 0 Å². The Kier molecular flexibility index (Phi) is 6.15. The molecule has 1 saturated heterocycles. The average molecular weight is 480 g/mol. The molecule has 2 aromatic heterocycles. The first-order chi connectivity index (χ1) is 16.4. The predicted molar refractivity (Wildman–Crippen MR) is 133 cm³/mol. The van der Waals surface area contributed by atoms with Crippen LogP contribution in [0.4, 0.5) is 10.2 Å². The van der Waals surface area contributed by atoms with Crippen LogP contribution in [-0.2, 0) is 6.54 Å². The number of aryl methyl sites for hydroxylation is 2. The molecule has 8 heteroatoms. The van der Waals surface area contributed by atoms with Crippen molar-refractivity contribution in [1.82, 2.24) is 19.5 Å². The third kappa shape index (κ3) is 4.33. The molecule has 0 bridgehead atoms. The molecule has 1 fully saturated rings. The Morgan fingerprint density at radius 2 is 1.74 bits per heavy atom. The highest BCUT2D eigenvalue weighted by Gasteiger charge is 2.23. The summed E-state index contributed by atoms with van der Waals surface area (Å²) in [4.78, 5) is 9.56. The zero-order valence-corrected chi connectivity index (χ0v) is 20.3. The van der Waals surface area contributed by atoms with Gasteiger partial charge in [-0.1, -0.05) is 23.7 Å². The van der Waals surface area contributed by atoms with E-state index in [9.17, 15) is 4.39 Å². The van der Waals surface area contributed by atoms with Gasteiger partial charge in [0.2, 0.25) is 0 Å². The number of rotatable bonds is 5. The molecular formula is C26H27ClFN5O. The lowest BCUT2D eigenvalue weighted by Gasteiger charge is -2.36. The van der Waals surface area contributed by atoms with Gasteiger partial charge in [0.15, 0.2) is 5.65 Å². The number of benzene rings is 2. The van der Waals surface area contributed by atoms with E-state index in [4.69, 9.17) is 26.4 Å². The summed E-state index contributed by atoms with van der Waals surface area (Å²) in [5.41, 5.74) is 5.55. The van der Waals surface area contributed by atoms with Crippen LogP contribution >= 0.6 is 11.6 Å². The molecule has 0 saturated carbocycles. The Balaban J connectivity index is 1.40. The quantitative estimate of drug-likeness (QED) is 0.397. The van der Waals surface area contributed by atoms with Crippen molar-refractivity contribution >= 4 is 23.1 Å². The van der Waals surface area contributed by atoms with E-state index in [1.807, 2.05) is 36.6 Å². The minimum Gasteiger partial charge on any atom is -0.496 e. The molecular weight excluding hydrogens is 453 g/mol. The van der Waals surface area contributed by atoms with E-state index in [2.05, 4.69) is 15.9 Å². The third-order valence-electron chi connectivity index (χ3n) is 6.34. The number of aromatic nitrogens is 3. The number of halogens is 2. The molecule has 1 aliphatic rings. The Bertz CT molecular complexity index is 1330. The fraction of sp³-hybridized carbons (Fsp3) is 0.308. The van der Waals surface area contributed by atoms with E-state index >= 15 is 0 Å². The smallest absolute Gasteiger partial charge is 0.165 e. The van der Waals surface area contributed by atoms with Gasteiger partial charge in [-0.3, -0.25) is 4.90 Å². The highest BCUT2D eigenvalue weighted by Crippen LogP contribution is 2.31. The van der Waals surface area contributed by atoms with Crippen LogP contribution in [0.25, 0.3) is 16.8 Å². The lowest BCUT2D eigenvalue weighted by molar-refractivity contribution is 0.245. The van der Waals surface area contributed by atoms with E-state index in [-0.39, 0.29) is 5.82 Å². The normalized spacial score (nSPS) is 14.7. The zero-order chi connectivity index (χ0) is 23.8. The van der Waals surface area contributed by atoms with E-state index in [0.717, 1.165) is 83.0 Å². The second-order valence-corrected chi connectivity index (χ2v) is 9.11. The second-order valence-electron chi connectivity index (χ2n) is 8.68. The van der Waals surface area contributed by atoms with Crippen LogP contribution in [0.1, 0.15) is 17.0 Å². The topological polar surface area (TPSA) is 45.9 Å². The summed E-state index contributed by atoms with van der Waals surface area (Å²) in [5.74, 6) is 1.63. The fourth-order valence-electron chi connectivity index (χ4n) is 4.65. The Hall–Kier alpha value is -3.16. The zero-order valence-electron chi connectivity index (χ0n) is 19.6. The molecule has 0 N–H and O–H groups in total. The molecule has 0 radical (unpaired) electrons. The number of hydrogen-bond acceptors (Lipinski definition) is 5. The van der Waals surface area contributed by atoms with Crippen LogP contribution in [-0.4, -0.2) is 52.8 Å². The summed E-state index contributed by atoms with van der Waals surface area (Å²) < 4.78 is 20.9. The van der Waals surface area contributed by atoms with Crippen molar-refractivity contribution in [1.29, 1.82) is 0 Å². The first kappa shape index (κ1) is 22.6. The lowest BCUT2D eigenvalue weighted by atomic mass is 10.1. The maximum Gasteiger partial charge on any atom is 0.165 e. The summed E-state index contributed by atoms with van der Waals surface area (Å²) in [6.45, 7) is 8.31. The summed E-state index contributed by atoms with van der Waals surface area (Å²) >= 11 is 6.22. The third-order valence-corrected chi connectivity index (χ3v) is 6.57. The molecule has 34 heavy (non-hydrogen) atoms. The van der Waals surface area contributed by atoms with E-state index < -0.39 is 0 Å². The summed E-state index contributed by atoms with van der Waals surface area (Å²) in [7, 11) is 1.69. The summed E-state index contributed by atoms with van der Waals surface area (Å²) in [6, 6.07) is 14.4. The van der Waals surface area contributed by atoms with Gasteiger partial charge in [-0.25, -0.2) is 9.37 Å². The summed E-state index contributed by atoms with van der Waals surface area (Å²) in [5, 5.41) is 5.54. The molecule has 5 rings (SSSR count). The minimum absolute atomic E-state index is 0.254. The van der Waals surface area contributed by atoms with Crippen LogP contribution in [0.2, 0.25) is 5.02 Å². The Morgan fingerprint density at radius 3 is 2.44 bits per heavy atom. The maximum atomic E-state index is 13.5. The monoisotopic (exact) mass is 479 g/mol. The van der Waals surface area contributed by atoms with Crippen LogP contribution < -0.4 is 9.64 Å². The van der Waals surface area contributed by atoms with Gasteiger partial charge in [0, 0.05) is 60.6 Å². The average Bonchev–Trinajstić information content (AvgIpc) is 3.15. The fourth-order valence-corrected chi connectivity index (χ4v) is 4.85. The van der Waals surface area contributed by atoms with Gasteiger partial charge in [0.1, 0.15) is 17.4 Å². The number of fused-ring (bicyclic) bond motifs is 1. The number of methoxy groups -OCH3 is 1. The van der Waals surface area contributed by atoms with Gasteiger partial charge in [-0.2, -0.15) is 9.61 Å². The van der Waals surface area contributed by atoms with Crippen LogP contribution in [0.5, 0.6) is 5.75 Å². The van der Waals surface area contributed by atoms with Crippen LogP contribution in [0.15, 0.2) is 48.5 Å². The number of anilines is 1. The van der Waals surface area contributed by atoms with Gasteiger partial charge in [0.05, 0.1) is 12.8 Å². The molecule has 0 unspecified atom stereocenters. The Labute approximate surface area is 203 Å². The first-order valence-electron chi connectivity index (χ1n) is 11.4. The van der Waals surface area contributed by atoms with E-state index in [0.29, 0.717) is 0 Å². The standard InChI is InChI=1S/C26H27ClFN5O/c1-17-14-24(33-26(29-17)25(18(2)30-33)19-4-7-22(28)8-5-19)32-12-10-31(11-13-32)16-20-15-21(27)6-9-23(20)34-3/h4-9,14-15H,10-13,16H2,1-3H3. The van der Waals surface area contributed by atoms with Crippen molar-refractivity contribution in [2.75, 3.05) is 38.2 Å². The predicted octanol–water partition coefficient (Wildman–Crippen LogP) is 5.14. The van der Waals surface area contributed by atoms with Crippen molar-refractivity contribution in [3.8, 4) is 16.9 Å². The van der Waals surface area contributed by atoms with Crippen molar-refractivity contribution in [2.45, 2.75) is 20.4 Å². The number of piperazine rings is 1. The first-order valence-corrected chi connectivity index (χ1v) is 11.7. The van der Waals surface area contributed by atoms with Gasteiger partial charge >= 0.3 is 0 Å². The molecule has 176 valence electrons. The van der Waals surface area contributed by atoms with Crippen molar-refractivity contribution in [2.24, 2.45) is 0 Å². The van der Waals surface area contributed by atoms with Crippen molar-refractivity contribution in [3.05, 3.63) is 76.3 Å². The largest absolute Gasteiger partial charge is 0.496 e. The SMILES string of the molecule is COc1ccc(Cl)cc1CN1CCN(c2cc(C)nc3c(-c4ccc(F)cc4)c(C)nn23)CC1.